The van der Waals surface area contributed by atoms with E-state index in [2.05, 4.69) is 66.3 Å². The van der Waals surface area contributed by atoms with Gasteiger partial charge in [0.05, 0.1) is 9.83 Å². The lowest BCUT2D eigenvalue weighted by molar-refractivity contribution is 0.694. The van der Waals surface area contributed by atoms with E-state index in [1.807, 2.05) is 7.05 Å². The Hall–Kier alpha value is -0.640. The standard InChI is InChI=1S/C15H18BrNS/c1-9-7-10(2)14(11(3)8-9)15(17-4)12-5-6-13(16)18-12/h5-8,15,17H,1-4H3. The van der Waals surface area contributed by atoms with Crippen molar-refractivity contribution in [1.82, 2.24) is 5.32 Å². The third-order valence-electron chi connectivity index (χ3n) is 3.19. The predicted octanol–water partition coefficient (Wildman–Crippen LogP) is 4.74. The van der Waals surface area contributed by atoms with Gasteiger partial charge >= 0.3 is 0 Å². The largest absolute Gasteiger partial charge is 0.309 e. The van der Waals surface area contributed by atoms with Crippen LogP contribution < -0.4 is 5.32 Å². The first-order chi connectivity index (χ1) is 8.52. The van der Waals surface area contributed by atoms with E-state index in [1.54, 1.807) is 11.3 Å². The predicted molar refractivity (Wildman–Crippen MR) is 83.6 cm³/mol. The van der Waals surface area contributed by atoms with Crippen LogP contribution in [0.5, 0.6) is 0 Å². The highest BCUT2D eigenvalue weighted by Gasteiger charge is 2.18. The van der Waals surface area contributed by atoms with Crippen LogP contribution in [-0.4, -0.2) is 7.05 Å². The molecule has 2 aromatic rings. The van der Waals surface area contributed by atoms with Crippen molar-refractivity contribution in [1.29, 1.82) is 0 Å². The second-order valence-electron chi connectivity index (χ2n) is 4.68. The zero-order chi connectivity index (χ0) is 13.3. The molecule has 0 bridgehead atoms. The molecule has 0 saturated carbocycles. The first-order valence-corrected chi connectivity index (χ1v) is 7.64. The van der Waals surface area contributed by atoms with Gasteiger partial charge in [-0.3, -0.25) is 0 Å². The molecule has 3 heteroatoms. The molecule has 0 amide bonds. The number of hydrogen-bond acceptors (Lipinski definition) is 2. The molecule has 1 heterocycles. The van der Waals surface area contributed by atoms with Gasteiger partial charge in [-0.2, -0.15) is 0 Å². The molecule has 96 valence electrons. The molecule has 0 spiro atoms. The summed E-state index contributed by atoms with van der Waals surface area (Å²) < 4.78 is 1.18. The Morgan fingerprint density at radius 1 is 1.11 bits per heavy atom. The summed E-state index contributed by atoms with van der Waals surface area (Å²) in [5.41, 5.74) is 5.45. The minimum absolute atomic E-state index is 0.280. The van der Waals surface area contributed by atoms with Crippen molar-refractivity contribution in [3.05, 3.63) is 55.2 Å². The average Bonchev–Trinajstić information content (AvgIpc) is 2.69. The number of nitrogens with one attached hydrogen (secondary N) is 1. The van der Waals surface area contributed by atoms with Gasteiger partial charge in [0.1, 0.15) is 0 Å². The Labute approximate surface area is 121 Å². The van der Waals surface area contributed by atoms with E-state index in [4.69, 9.17) is 0 Å². The van der Waals surface area contributed by atoms with Crippen LogP contribution in [0.25, 0.3) is 0 Å². The molecule has 1 aromatic heterocycles. The maximum absolute atomic E-state index is 3.54. The van der Waals surface area contributed by atoms with E-state index in [0.29, 0.717) is 0 Å². The highest BCUT2D eigenvalue weighted by Crippen LogP contribution is 2.34. The van der Waals surface area contributed by atoms with Crippen LogP contribution in [-0.2, 0) is 0 Å². The van der Waals surface area contributed by atoms with Crippen molar-refractivity contribution in [2.75, 3.05) is 7.05 Å². The van der Waals surface area contributed by atoms with Crippen molar-refractivity contribution in [2.45, 2.75) is 26.8 Å². The first-order valence-electron chi connectivity index (χ1n) is 6.03. The van der Waals surface area contributed by atoms with Crippen LogP contribution in [0.2, 0.25) is 0 Å². The molecule has 0 fully saturated rings. The van der Waals surface area contributed by atoms with Gasteiger partial charge in [0.25, 0.3) is 0 Å². The van der Waals surface area contributed by atoms with Crippen molar-refractivity contribution >= 4 is 27.3 Å². The lowest BCUT2D eigenvalue weighted by Gasteiger charge is -2.20. The Balaban J connectivity index is 2.51. The number of hydrogen-bond donors (Lipinski definition) is 1. The SMILES string of the molecule is CNC(c1ccc(Br)s1)c1c(C)cc(C)cc1C. The summed E-state index contributed by atoms with van der Waals surface area (Å²) in [4.78, 5) is 1.35. The number of benzene rings is 1. The second-order valence-corrected chi connectivity index (χ2v) is 7.17. The van der Waals surface area contributed by atoms with Gasteiger partial charge in [0.15, 0.2) is 0 Å². The summed E-state index contributed by atoms with van der Waals surface area (Å²) in [6, 6.07) is 9.10. The quantitative estimate of drug-likeness (QED) is 0.859. The molecular formula is C15H18BrNS. The highest BCUT2D eigenvalue weighted by molar-refractivity contribution is 9.11. The van der Waals surface area contributed by atoms with Crippen LogP contribution >= 0.6 is 27.3 Å². The maximum atomic E-state index is 3.54. The first kappa shape index (κ1) is 13.8. The molecule has 0 radical (unpaired) electrons. The molecule has 18 heavy (non-hydrogen) atoms. The summed E-state index contributed by atoms with van der Waals surface area (Å²) in [5, 5.41) is 3.44. The summed E-state index contributed by atoms with van der Waals surface area (Å²) in [7, 11) is 2.02. The molecule has 1 aromatic carbocycles. The smallest absolute Gasteiger partial charge is 0.0702 e. The van der Waals surface area contributed by atoms with Crippen LogP contribution in [0.15, 0.2) is 28.1 Å². The highest BCUT2D eigenvalue weighted by atomic mass is 79.9. The van der Waals surface area contributed by atoms with Crippen LogP contribution in [0.3, 0.4) is 0 Å². The molecule has 0 aliphatic carbocycles. The third-order valence-corrected chi connectivity index (χ3v) is 4.88. The lowest BCUT2D eigenvalue weighted by Crippen LogP contribution is -2.18. The average molecular weight is 324 g/mol. The van der Waals surface area contributed by atoms with E-state index in [0.717, 1.165) is 0 Å². The van der Waals surface area contributed by atoms with Gasteiger partial charge in [0, 0.05) is 4.88 Å². The van der Waals surface area contributed by atoms with Crippen molar-refractivity contribution in [3.8, 4) is 0 Å². The van der Waals surface area contributed by atoms with Gasteiger partial charge in [-0.05, 0) is 72.6 Å². The second kappa shape index (κ2) is 5.55. The fourth-order valence-corrected chi connectivity index (χ4v) is 4.10. The van der Waals surface area contributed by atoms with Gasteiger partial charge in [-0.1, -0.05) is 17.7 Å². The summed E-state index contributed by atoms with van der Waals surface area (Å²) in [6.45, 7) is 6.55. The molecule has 1 nitrogen and oxygen atoms in total. The van der Waals surface area contributed by atoms with Gasteiger partial charge in [-0.15, -0.1) is 11.3 Å². The molecular weight excluding hydrogens is 306 g/mol. The van der Waals surface area contributed by atoms with E-state index in [-0.39, 0.29) is 6.04 Å². The Kier molecular flexibility index (Phi) is 4.25. The summed E-state index contributed by atoms with van der Waals surface area (Å²) >= 11 is 5.33. The zero-order valence-electron chi connectivity index (χ0n) is 11.2. The van der Waals surface area contributed by atoms with Crippen molar-refractivity contribution in [3.63, 3.8) is 0 Å². The van der Waals surface area contributed by atoms with Gasteiger partial charge < -0.3 is 5.32 Å². The monoisotopic (exact) mass is 323 g/mol. The van der Waals surface area contributed by atoms with Crippen LogP contribution in [0, 0.1) is 20.8 Å². The van der Waals surface area contributed by atoms with Crippen LogP contribution in [0.1, 0.15) is 33.2 Å². The molecule has 1 atom stereocenters. The van der Waals surface area contributed by atoms with Crippen molar-refractivity contribution in [2.24, 2.45) is 0 Å². The number of thiophene rings is 1. The van der Waals surface area contributed by atoms with E-state index >= 15 is 0 Å². The maximum Gasteiger partial charge on any atom is 0.0702 e. The van der Waals surface area contributed by atoms with E-state index in [9.17, 15) is 0 Å². The zero-order valence-corrected chi connectivity index (χ0v) is 13.6. The topological polar surface area (TPSA) is 12.0 Å². The number of rotatable bonds is 3. The molecule has 0 saturated heterocycles. The molecule has 2 rings (SSSR count). The lowest BCUT2D eigenvalue weighted by atomic mass is 9.93. The van der Waals surface area contributed by atoms with Crippen molar-refractivity contribution < 1.29 is 0 Å². The molecule has 1 unspecified atom stereocenters. The minimum atomic E-state index is 0.280. The summed E-state index contributed by atoms with van der Waals surface area (Å²) in [6.07, 6.45) is 0. The summed E-state index contributed by atoms with van der Waals surface area (Å²) in [5.74, 6) is 0. The number of aryl methyl sites for hydroxylation is 3. The van der Waals surface area contributed by atoms with Gasteiger partial charge in [-0.25, -0.2) is 0 Å². The van der Waals surface area contributed by atoms with Gasteiger partial charge in [0.2, 0.25) is 0 Å². The fourth-order valence-electron chi connectivity index (χ4n) is 2.56. The fraction of sp³-hybridized carbons (Fsp3) is 0.333. The Bertz CT molecular complexity index is 536. The minimum Gasteiger partial charge on any atom is -0.309 e. The molecule has 0 aliphatic heterocycles. The number of halogens is 1. The third kappa shape index (κ3) is 2.68. The molecule has 1 N–H and O–H groups in total. The van der Waals surface area contributed by atoms with E-state index in [1.165, 1.54) is 30.9 Å². The Morgan fingerprint density at radius 2 is 1.72 bits per heavy atom. The van der Waals surface area contributed by atoms with Crippen LogP contribution in [0.4, 0.5) is 0 Å². The normalized spacial score (nSPS) is 12.7. The van der Waals surface area contributed by atoms with E-state index < -0.39 is 0 Å². The Morgan fingerprint density at radius 3 is 2.17 bits per heavy atom. The molecule has 0 aliphatic rings.